The van der Waals surface area contributed by atoms with Crippen LogP contribution in [0.25, 0.3) is 105 Å². The Morgan fingerprint density at radius 2 is 0.513 bits per heavy atom. The molecule has 0 fully saturated rings. The molecule has 2 N–H and O–H groups in total. The van der Waals surface area contributed by atoms with Crippen LogP contribution in [0.3, 0.4) is 0 Å². The minimum atomic E-state index is -1.50. The third-order valence-electron chi connectivity index (χ3n) is 13.8. The van der Waals surface area contributed by atoms with Crippen LogP contribution >= 0.6 is 63.7 Å². The minimum Gasteiger partial charge on any atom is -0.423 e. The Bertz CT molecular complexity index is 4100. The Balaban J connectivity index is 0.000000154. The second kappa shape index (κ2) is 21.4. The summed E-state index contributed by atoms with van der Waals surface area (Å²) < 4.78 is 11.2. The Morgan fingerprint density at radius 3 is 0.842 bits per heavy atom. The van der Waals surface area contributed by atoms with Crippen LogP contribution in [0.4, 0.5) is 0 Å². The number of hydrogen-bond donors (Lipinski definition) is 2. The monoisotopic (exact) mass is 1240 g/mol. The van der Waals surface area contributed by atoms with Crippen LogP contribution in [0.2, 0.25) is 0 Å². The molecule has 0 spiro atoms. The predicted molar refractivity (Wildman–Crippen MR) is 334 cm³/mol. The molecule has 0 amide bonds. The first kappa shape index (κ1) is 49.6. The van der Waals surface area contributed by atoms with Gasteiger partial charge >= 0.3 is 7.12 Å². The van der Waals surface area contributed by atoms with Crippen LogP contribution in [0, 0.1) is 0 Å². The lowest BCUT2D eigenvalue weighted by molar-refractivity contribution is 0.425. The van der Waals surface area contributed by atoms with E-state index in [2.05, 4.69) is 265 Å². The fraction of sp³-hybridized carbons (Fsp3) is 0. The lowest BCUT2D eigenvalue weighted by Crippen LogP contribution is -2.33. The van der Waals surface area contributed by atoms with Crippen LogP contribution < -0.4 is 5.46 Å². The first-order valence-corrected chi connectivity index (χ1v) is 27.9. The molecular weight excluding hydrogens is 1200 g/mol. The fourth-order valence-corrected chi connectivity index (χ4v) is 13.6. The molecule has 0 atom stereocenters. The summed E-state index contributed by atoms with van der Waals surface area (Å²) in [6.07, 6.45) is 0. The molecule has 366 valence electrons. The molecule has 14 aromatic rings. The van der Waals surface area contributed by atoms with E-state index in [4.69, 9.17) is 0 Å². The van der Waals surface area contributed by atoms with Gasteiger partial charge in [0, 0.05) is 72.5 Å². The number of benzene rings is 11. The van der Waals surface area contributed by atoms with E-state index in [1.807, 2.05) is 60.7 Å². The van der Waals surface area contributed by atoms with Crippen LogP contribution in [-0.2, 0) is 0 Å². The highest BCUT2D eigenvalue weighted by atomic mass is 79.9. The topological polar surface area (TPSA) is 55.2 Å². The fourth-order valence-electron chi connectivity index (χ4n) is 10.7. The highest BCUT2D eigenvalue weighted by molar-refractivity contribution is 9.11. The van der Waals surface area contributed by atoms with Gasteiger partial charge in [0.1, 0.15) is 0 Å². The normalized spacial score (nSPS) is 11.3. The number of hydrogen-bond acceptors (Lipinski definition) is 2. The standard InChI is InChI=1S/C42H27BrN2.C18H14BNO2.C6H3Br3/c43-30-26-28(31-13-1-7-19-37(31)44-39-21-9-3-15-33(39)34-16-4-10-22-40(34)44)25-29(27-30)32-14-2-8-20-38(32)45-41-23-11-5-17-35(41)36-18-6-12-24-42(36)45;21-19(22)15-9-3-6-12-18(15)20-16-10-4-1-7-13(16)14-8-2-5-11-17(14)20;7-4-1-5(8)3-6(9)2-4/h1-27H;1-12,21-22H;1-3H. The number of para-hydroxylation sites is 9. The third-order valence-corrected chi connectivity index (χ3v) is 15.7. The van der Waals surface area contributed by atoms with Crippen molar-refractivity contribution in [1.82, 2.24) is 13.7 Å². The van der Waals surface area contributed by atoms with Crippen LogP contribution in [-0.4, -0.2) is 30.9 Å². The number of nitrogens with zero attached hydrogens (tertiary/aromatic N) is 3. The number of rotatable bonds is 6. The van der Waals surface area contributed by atoms with Gasteiger partial charge in [0.05, 0.1) is 44.5 Å². The van der Waals surface area contributed by atoms with Crippen molar-refractivity contribution in [2.24, 2.45) is 0 Å². The van der Waals surface area contributed by atoms with E-state index < -0.39 is 7.12 Å². The Morgan fingerprint density at radius 1 is 0.263 bits per heavy atom. The largest absolute Gasteiger partial charge is 0.490 e. The van der Waals surface area contributed by atoms with E-state index in [9.17, 15) is 10.0 Å². The van der Waals surface area contributed by atoms with Gasteiger partial charge in [-0.2, -0.15) is 0 Å². The number of aromatic nitrogens is 3. The van der Waals surface area contributed by atoms with Crippen molar-refractivity contribution in [3.63, 3.8) is 0 Å². The zero-order valence-electron chi connectivity index (χ0n) is 40.6. The molecule has 5 nitrogen and oxygen atoms in total. The van der Waals surface area contributed by atoms with E-state index in [0.29, 0.717) is 5.46 Å². The lowest BCUT2D eigenvalue weighted by atomic mass is 9.79. The molecule has 3 heterocycles. The summed E-state index contributed by atoms with van der Waals surface area (Å²) in [6.45, 7) is 0. The van der Waals surface area contributed by atoms with Crippen molar-refractivity contribution in [2.75, 3.05) is 0 Å². The van der Waals surface area contributed by atoms with Gasteiger partial charge in [-0.1, -0.05) is 228 Å². The second-order valence-electron chi connectivity index (χ2n) is 18.4. The van der Waals surface area contributed by atoms with Gasteiger partial charge < -0.3 is 23.7 Å². The van der Waals surface area contributed by atoms with Gasteiger partial charge in [0.2, 0.25) is 0 Å². The molecule has 0 aliphatic carbocycles. The SMILES string of the molecule is Brc1cc(-c2ccccc2-n2c3ccccc3c3ccccc32)cc(-c2ccccc2-n2c3ccccc3c3ccccc32)c1.Brc1cc(Br)cc(Br)c1.OB(O)c1ccccc1-n1c2ccccc2c2ccccc21. The molecule has 14 rings (SSSR count). The summed E-state index contributed by atoms with van der Waals surface area (Å²) in [6, 6.07) is 88.8. The van der Waals surface area contributed by atoms with Gasteiger partial charge in [0.25, 0.3) is 0 Å². The average Bonchev–Trinajstić information content (AvgIpc) is 4.18. The molecule has 76 heavy (non-hydrogen) atoms. The highest BCUT2D eigenvalue weighted by Crippen LogP contribution is 2.41. The average molecular weight is 1240 g/mol. The van der Waals surface area contributed by atoms with Crippen molar-refractivity contribution >= 4 is 142 Å². The number of fused-ring (bicyclic) bond motifs is 9. The Hall–Kier alpha value is -7.28. The smallest absolute Gasteiger partial charge is 0.423 e. The van der Waals surface area contributed by atoms with Crippen molar-refractivity contribution < 1.29 is 10.0 Å². The van der Waals surface area contributed by atoms with Crippen LogP contribution in [0.15, 0.2) is 273 Å². The van der Waals surface area contributed by atoms with E-state index in [1.165, 1.54) is 54.7 Å². The van der Waals surface area contributed by atoms with Crippen LogP contribution in [0.5, 0.6) is 0 Å². The predicted octanol–water partition coefficient (Wildman–Crippen LogP) is 18.4. The number of halogens is 4. The van der Waals surface area contributed by atoms with E-state index in [0.717, 1.165) is 67.9 Å². The third kappa shape index (κ3) is 9.33. The van der Waals surface area contributed by atoms with Crippen molar-refractivity contribution in [1.29, 1.82) is 0 Å². The summed E-state index contributed by atoms with van der Waals surface area (Å²) in [5, 5.41) is 26.7. The summed E-state index contributed by atoms with van der Waals surface area (Å²) >= 11 is 14.0. The van der Waals surface area contributed by atoms with Gasteiger partial charge in [0.15, 0.2) is 0 Å². The quantitative estimate of drug-likeness (QED) is 0.163. The van der Waals surface area contributed by atoms with E-state index in [1.54, 1.807) is 6.07 Å². The molecule has 0 aliphatic heterocycles. The molecule has 0 aliphatic rings. The van der Waals surface area contributed by atoms with Gasteiger partial charge in [-0.25, -0.2) is 0 Å². The Labute approximate surface area is 473 Å². The maximum atomic E-state index is 9.69. The summed E-state index contributed by atoms with van der Waals surface area (Å²) in [5.41, 5.74) is 15.2. The molecule has 0 saturated heterocycles. The highest BCUT2D eigenvalue weighted by Gasteiger charge is 2.21. The van der Waals surface area contributed by atoms with Crippen molar-refractivity contribution in [3.05, 3.63) is 273 Å². The van der Waals surface area contributed by atoms with E-state index in [-0.39, 0.29) is 0 Å². The molecular formula is C66H44BBr4N3O2. The molecule has 3 aromatic heterocycles. The molecule has 0 saturated carbocycles. The minimum absolute atomic E-state index is 0.494. The first-order valence-electron chi connectivity index (χ1n) is 24.7. The van der Waals surface area contributed by atoms with Gasteiger partial charge in [-0.05, 0) is 102 Å². The summed E-state index contributed by atoms with van der Waals surface area (Å²) in [7, 11) is -1.50. The summed E-state index contributed by atoms with van der Waals surface area (Å²) in [4.78, 5) is 0. The second-order valence-corrected chi connectivity index (χ2v) is 22.1. The zero-order chi connectivity index (χ0) is 51.9. The molecule has 0 unspecified atom stereocenters. The van der Waals surface area contributed by atoms with Crippen molar-refractivity contribution in [3.8, 4) is 39.3 Å². The maximum absolute atomic E-state index is 9.69. The Kier molecular flexibility index (Phi) is 14.0. The zero-order valence-corrected chi connectivity index (χ0v) is 46.9. The van der Waals surface area contributed by atoms with Crippen LogP contribution in [0.1, 0.15) is 0 Å². The summed E-state index contributed by atoms with van der Waals surface area (Å²) in [5.74, 6) is 0. The van der Waals surface area contributed by atoms with Crippen molar-refractivity contribution in [2.45, 2.75) is 0 Å². The first-order chi connectivity index (χ1) is 37.2. The molecule has 0 bridgehead atoms. The van der Waals surface area contributed by atoms with E-state index >= 15 is 0 Å². The molecule has 11 aromatic carbocycles. The van der Waals surface area contributed by atoms with Gasteiger partial charge in [-0.15, -0.1) is 0 Å². The van der Waals surface area contributed by atoms with Gasteiger partial charge in [-0.3, -0.25) is 0 Å². The molecule has 10 heteroatoms. The lowest BCUT2D eigenvalue weighted by Gasteiger charge is -2.17. The molecule has 0 radical (unpaired) electrons. The maximum Gasteiger partial charge on any atom is 0.490 e.